The van der Waals surface area contributed by atoms with Crippen molar-refractivity contribution in [3.63, 3.8) is 0 Å². The summed E-state index contributed by atoms with van der Waals surface area (Å²) in [5, 5.41) is 11.9. The number of anilines is 4. The number of ether oxygens (including phenoxy) is 1. The normalized spacial score (nSPS) is 17.9. The molecule has 2 N–H and O–H groups in total. The average molecular weight is 450 g/mol. The molecule has 0 bridgehead atoms. The van der Waals surface area contributed by atoms with Crippen molar-refractivity contribution in [1.29, 1.82) is 0 Å². The molecule has 0 unspecified atom stereocenters. The van der Waals surface area contributed by atoms with Gasteiger partial charge in [0.25, 0.3) is 0 Å². The Hall–Kier alpha value is -3.21. The number of hydrogen-bond donors (Lipinski definition) is 2. The van der Waals surface area contributed by atoms with Crippen molar-refractivity contribution < 1.29 is 9.53 Å². The van der Waals surface area contributed by atoms with E-state index in [9.17, 15) is 4.79 Å². The summed E-state index contributed by atoms with van der Waals surface area (Å²) in [5.41, 5.74) is 2.73. The Balaban J connectivity index is 1.13. The number of rotatable bonds is 5. The topological polar surface area (TPSA) is 87.6 Å². The zero-order valence-corrected chi connectivity index (χ0v) is 18.3. The van der Waals surface area contributed by atoms with Gasteiger partial charge in [0, 0.05) is 48.3 Å². The first kappa shape index (κ1) is 19.5. The number of aromatic nitrogens is 3. The minimum Gasteiger partial charge on any atom is -0.379 e. The largest absolute Gasteiger partial charge is 0.379 e. The lowest BCUT2D eigenvalue weighted by molar-refractivity contribution is -0.115. The fraction of sp³-hybridized carbons (Fsp3) is 0.318. The summed E-state index contributed by atoms with van der Waals surface area (Å²) in [6.45, 7) is 5.25. The first-order valence-corrected chi connectivity index (χ1v) is 11.5. The molecular weight excluding hydrogens is 426 g/mol. The van der Waals surface area contributed by atoms with Crippen LogP contribution in [0.5, 0.6) is 0 Å². The zero-order chi connectivity index (χ0) is 21.5. The lowest BCUT2D eigenvalue weighted by atomic mass is 10.1. The van der Waals surface area contributed by atoms with Gasteiger partial charge in [-0.15, -0.1) is 16.4 Å². The smallest absolute Gasteiger partial charge is 0.247 e. The molecular formula is C22H23N7O2S. The maximum absolute atomic E-state index is 11.6. The van der Waals surface area contributed by atoms with Crippen molar-refractivity contribution in [3.8, 4) is 0 Å². The van der Waals surface area contributed by atoms with Gasteiger partial charge in [0.1, 0.15) is 0 Å². The number of fused-ring (bicyclic) bond motifs is 2. The fourth-order valence-electron chi connectivity index (χ4n) is 4.16. The Labute approximate surface area is 189 Å². The fourth-order valence-corrected chi connectivity index (χ4v) is 5.19. The summed E-state index contributed by atoms with van der Waals surface area (Å²) in [7, 11) is 0. The van der Waals surface area contributed by atoms with Crippen LogP contribution in [0.25, 0.3) is 6.20 Å². The van der Waals surface area contributed by atoms with E-state index in [1.165, 1.54) is 9.88 Å². The van der Waals surface area contributed by atoms with Crippen molar-refractivity contribution >= 4 is 45.8 Å². The molecule has 6 rings (SSSR count). The number of morpholine rings is 1. The maximum Gasteiger partial charge on any atom is 0.247 e. The first-order chi connectivity index (χ1) is 15.7. The number of benzene rings is 1. The number of carbonyl (C=O) groups is 1. The molecule has 3 aliphatic heterocycles. The van der Waals surface area contributed by atoms with Crippen molar-refractivity contribution in [2.75, 3.05) is 41.8 Å². The highest BCUT2D eigenvalue weighted by molar-refractivity contribution is 7.16. The van der Waals surface area contributed by atoms with E-state index in [-0.39, 0.29) is 5.91 Å². The predicted molar refractivity (Wildman–Crippen MR) is 124 cm³/mol. The van der Waals surface area contributed by atoms with E-state index >= 15 is 0 Å². The van der Waals surface area contributed by atoms with E-state index < -0.39 is 0 Å². The third-order valence-corrected chi connectivity index (χ3v) is 6.91. The van der Waals surface area contributed by atoms with Gasteiger partial charge in [-0.05, 0) is 35.9 Å². The number of nitrogens with one attached hydrogen (secondary N) is 2. The molecule has 2 aromatic heterocycles. The number of carbonyl (C=O) groups excluding carboxylic acids is 1. The quantitative estimate of drug-likeness (QED) is 0.619. The second-order valence-corrected chi connectivity index (χ2v) is 9.22. The Morgan fingerprint density at radius 1 is 1.16 bits per heavy atom. The van der Waals surface area contributed by atoms with Crippen LogP contribution in [0.2, 0.25) is 0 Å². The molecule has 10 heteroatoms. The van der Waals surface area contributed by atoms with Crippen LogP contribution < -0.4 is 15.5 Å². The van der Waals surface area contributed by atoms with Crippen LogP contribution in [0.3, 0.4) is 0 Å². The SMILES string of the molecule is O=C1Cc2cc(Nc3nc4n(n3)C=CN(c3ccc(CN5CCOCC5)s3)C4)ccc2N1. The summed E-state index contributed by atoms with van der Waals surface area (Å²) >= 11 is 1.81. The van der Waals surface area contributed by atoms with Crippen LogP contribution in [-0.4, -0.2) is 51.9 Å². The molecule has 3 aliphatic rings. The highest BCUT2D eigenvalue weighted by Crippen LogP contribution is 2.31. The van der Waals surface area contributed by atoms with E-state index in [2.05, 4.69) is 42.6 Å². The number of nitrogens with zero attached hydrogens (tertiary/aromatic N) is 5. The number of thiophene rings is 1. The van der Waals surface area contributed by atoms with Crippen LogP contribution in [0.15, 0.2) is 36.5 Å². The van der Waals surface area contributed by atoms with E-state index in [0.29, 0.717) is 18.9 Å². The van der Waals surface area contributed by atoms with Crippen LogP contribution in [0.4, 0.5) is 22.3 Å². The van der Waals surface area contributed by atoms with Gasteiger partial charge in [-0.2, -0.15) is 4.98 Å². The van der Waals surface area contributed by atoms with E-state index in [1.54, 1.807) is 4.68 Å². The van der Waals surface area contributed by atoms with Crippen molar-refractivity contribution in [1.82, 2.24) is 19.7 Å². The van der Waals surface area contributed by atoms with Crippen LogP contribution in [-0.2, 0) is 29.0 Å². The molecule has 0 radical (unpaired) electrons. The Kier molecular flexibility index (Phi) is 4.90. The van der Waals surface area contributed by atoms with Gasteiger partial charge < -0.3 is 20.3 Å². The predicted octanol–water partition coefficient (Wildman–Crippen LogP) is 2.86. The average Bonchev–Trinajstić information content (AvgIpc) is 3.51. The minimum absolute atomic E-state index is 0.0274. The number of amides is 1. The molecule has 1 amide bonds. The summed E-state index contributed by atoms with van der Waals surface area (Å²) in [6, 6.07) is 10.2. The molecule has 0 atom stereocenters. The molecule has 164 valence electrons. The van der Waals surface area contributed by atoms with Gasteiger partial charge in [-0.3, -0.25) is 9.69 Å². The van der Waals surface area contributed by atoms with Gasteiger partial charge in [0.2, 0.25) is 11.9 Å². The van der Waals surface area contributed by atoms with Crippen molar-refractivity contribution in [3.05, 3.63) is 52.8 Å². The van der Waals surface area contributed by atoms with Crippen LogP contribution in [0, 0.1) is 0 Å². The van der Waals surface area contributed by atoms with Crippen molar-refractivity contribution in [2.45, 2.75) is 19.5 Å². The molecule has 0 aliphatic carbocycles. The van der Waals surface area contributed by atoms with Gasteiger partial charge in [0.05, 0.1) is 31.2 Å². The zero-order valence-electron chi connectivity index (χ0n) is 17.5. The molecule has 0 saturated carbocycles. The van der Waals surface area contributed by atoms with Crippen LogP contribution in [0.1, 0.15) is 16.3 Å². The van der Waals surface area contributed by atoms with Gasteiger partial charge in [0.15, 0.2) is 5.82 Å². The highest BCUT2D eigenvalue weighted by atomic mass is 32.1. The molecule has 1 fully saturated rings. The van der Waals surface area contributed by atoms with Gasteiger partial charge in [-0.25, -0.2) is 4.68 Å². The molecule has 3 aromatic rings. The molecule has 1 aromatic carbocycles. The molecule has 5 heterocycles. The maximum atomic E-state index is 11.6. The minimum atomic E-state index is 0.0274. The number of hydrogen-bond acceptors (Lipinski definition) is 8. The summed E-state index contributed by atoms with van der Waals surface area (Å²) in [6.07, 6.45) is 4.39. The van der Waals surface area contributed by atoms with Gasteiger partial charge in [-0.1, -0.05) is 0 Å². The standard InChI is InChI=1S/C22H23N7O2S/c30-20-12-15-11-16(1-3-18(15)24-20)23-22-25-19-14-28(5-6-29(19)26-22)21-4-2-17(32-21)13-27-7-9-31-10-8-27/h1-6,11H,7-10,12-14H2,(H,23,26)(H,24,30). The third kappa shape index (κ3) is 3.88. The van der Waals surface area contributed by atoms with E-state index in [4.69, 9.17) is 4.74 Å². The Morgan fingerprint density at radius 3 is 2.97 bits per heavy atom. The second-order valence-electron chi connectivity index (χ2n) is 8.07. The lowest BCUT2D eigenvalue weighted by Gasteiger charge is -2.26. The Morgan fingerprint density at radius 2 is 2.06 bits per heavy atom. The Bertz CT molecular complexity index is 1190. The highest BCUT2D eigenvalue weighted by Gasteiger charge is 2.20. The molecule has 9 nitrogen and oxygen atoms in total. The molecule has 1 saturated heterocycles. The van der Waals surface area contributed by atoms with Crippen LogP contribution >= 0.6 is 11.3 Å². The van der Waals surface area contributed by atoms with Crippen molar-refractivity contribution in [2.24, 2.45) is 0 Å². The molecule has 32 heavy (non-hydrogen) atoms. The van der Waals surface area contributed by atoms with E-state index in [0.717, 1.165) is 55.6 Å². The third-order valence-electron chi connectivity index (χ3n) is 5.80. The second kappa shape index (κ2) is 8.05. The summed E-state index contributed by atoms with van der Waals surface area (Å²) in [5.74, 6) is 1.44. The summed E-state index contributed by atoms with van der Waals surface area (Å²) < 4.78 is 7.25. The monoisotopic (exact) mass is 449 g/mol. The summed E-state index contributed by atoms with van der Waals surface area (Å²) in [4.78, 5) is 22.2. The lowest BCUT2D eigenvalue weighted by Crippen LogP contribution is -2.35. The first-order valence-electron chi connectivity index (χ1n) is 10.7. The van der Waals surface area contributed by atoms with Gasteiger partial charge >= 0.3 is 0 Å². The van der Waals surface area contributed by atoms with E-state index in [1.807, 2.05) is 41.9 Å². The molecule has 0 spiro atoms.